The van der Waals surface area contributed by atoms with Crippen LogP contribution in [0.2, 0.25) is 0 Å². The van der Waals surface area contributed by atoms with Crippen molar-refractivity contribution in [2.45, 2.75) is 33.1 Å². The summed E-state index contributed by atoms with van der Waals surface area (Å²) in [7, 11) is 1.67. The van der Waals surface area contributed by atoms with E-state index in [-0.39, 0.29) is 5.92 Å². The molecular formula is C9H18O2. The predicted molar refractivity (Wildman–Crippen MR) is 45.6 cm³/mol. The van der Waals surface area contributed by atoms with Crippen LogP contribution < -0.4 is 0 Å². The van der Waals surface area contributed by atoms with Gasteiger partial charge in [-0.15, -0.1) is 0 Å². The quantitative estimate of drug-likeness (QED) is 0.591. The lowest BCUT2D eigenvalue weighted by atomic mass is 9.96. The Hall–Kier alpha value is -0.370. The fourth-order valence-corrected chi connectivity index (χ4v) is 1.14. The summed E-state index contributed by atoms with van der Waals surface area (Å²) in [6.45, 7) is 4.66. The number of methoxy groups -OCH3 is 1. The Balaban J connectivity index is 3.65. The number of Topliss-reactive ketones (excluding diaryl/α,β-unsaturated/α-hetero) is 1. The fraction of sp³-hybridized carbons (Fsp3) is 0.889. The van der Waals surface area contributed by atoms with Gasteiger partial charge in [-0.05, 0) is 12.8 Å². The second-order valence-corrected chi connectivity index (χ2v) is 2.71. The molecule has 0 aromatic rings. The summed E-state index contributed by atoms with van der Waals surface area (Å²) in [6, 6.07) is 0. The molecule has 1 unspecified atom stereocenters. The largest absolute Gasteiger partial charge is 0.385 e. The van der Waals surface area contributed by atoms with E-state index in [2.05, 4.69) is 0 Å². The highest BCUT2D eigenvalue weighted by Crippen LogP contribution is 2.11. The van der Waals surface area contributed by atoms with Crippen molar-refractivity contribution in [2.24, 2.45) is 5.92 Å². The summed E-state index contributed by atoms with van der Waals surface area (Å²) in [5, 5.41) is 0. The molecule has 0 fully saturated rings. The van der Waals surface area contributed by atoms with Crippen LogP contribution in [0.5, 0.6) is 0 Å². The number of ketones is 1. The normalized spacial score (nSPS) is 13.0. The standard InChI is InChI=1S/C9H18O2/c1-4-8(6-7-11-3)9(10)5-2/h8H,4-7H2,1-3H3. The van der Waals surface area contributed by atoms with Crippen molar-refractivity contribution in [1.82, 2.24) is 0 Å². The molecule has 0 heterocycles. The van der Waals surface area contributed by atoms with E-state index in [9.17, 15) is 4.79 Å². The molecule has 0 saturated heterocycles. The molecule has 0 aromatic heterocycles. The molecule has 0 aliphatic heterocycles. The van der Waals surface area contributed by atoms with E-state index in [1.54, 1.807) is 7.11 Å². The monoisotopic (exact) mass is 158 g/mol. The Morgan fingerprint density at radius 1 is 1.45 bits per heavy atom. The highest BCUT2D eigenvalue weighted by atomic mass is 16.5. The highest BCUT2D eigenvalue weighted by molar-refractivity contribution is 5.80. The van der Waals surface area contributed by atoms with Gasteiger partial charge in [0.15, 0.2) is 0 Å². The maximum atomic E-state index is 11.2. The Labute approximate surface area is 68.9 Å². The van der Waals surface area contributed by atoms with Gasteiger partial charge in [-0.25, -0.2) is 0 Å². The second-order valence-electron chi connectivity index (χ2n) is 2.71. The van der Waals surface area contributed by atoms with Crippen molar-refractivity contribution < 1.29 is 9.53 Å². The van der Waals surface area contributed by atoms with Crippen molar-refractivity contribution in [3.05, 3.63) is 0 Å². The third-order valence-corrected chi connectivity index (χ3v) is 1.97. The van der Waals surface area contributed by atoms with Crippen LogP contribution in [0.25, 0.3) is 0 Å². The Kier molecular flexibility index (Phi) is 6.13. The molecule has 2 heteroatoms. The van der Waals surface area contributed by atoms with Gasteiger partial charge >= 0.3 is 0 Å². The molecule has 0 aliphatic carbocycles. The van der Waals surface area contributed by atoms with Gasteiger partial charge in [-0.3, -0.25) is 4.79 Å². The predicted octanol–water partition coefficient (Wildman–Crippen LogP) is 2.03. The molecule has 11 heavy (non-hydrogen) atoms. The topological polar surface area (TPSA) is 26.3 Å². The van der Waals surface area contributed by atoms with Crippen molar-refractivity contribution in [3.63, 3.8) is 0 Å². The van der Waals surface area contributed by atoms with Crippen molar-refractivity contribution in [3.8, 4) is 0 Å². The Morgan fingerprint density at radius 3 is 2.45 bits per heavy atom. The van der Waals surface area contributed by atoms with Crippen molar-refractivity contribution >= 4 is 5.78 Å². The summed E-state index contributed by atoms with van der Waals surface area (Å²) in [6.07, 6.45) is 2.47. The number of hydrogen-bond donors (Lipinski definition) is 0. The minimum absolute atomic E-state index is 0.222. The first-order chi connectivity index (χ1) is 5.26. The SMILES string of the molecule is CCC(=O)C(CC)CCOC. The van der Waals surface area contributed by atoms with Gasteiger partial charge in [-0.1, -0.05) is 13.8 Å². The van der Waals surface area contributed by atoms with Crippen LogP contribution >= 0.6 is 0 Å². The zero-order valence-electron chi connectivity index (χ0n) is 7.72. The maximum absolute atomic E-state index is 11.2. The van der Waals surface area contributed by atoms with Crippen LogP contribution in [-0.2, 0) is 9.53 Å². The summed E-state index contributed by atoms with van der Waals surface area (Å²) < 4.78 is 4.92. The highest BCUT2D eigenvalue weighted by Gasteiger charge is 2.12. The smallest absolute Gasteiger partial charge is 0.135 e. The van der Waals surface area contributed by atoms with Gasteiger partial charge in [0.25, 0.3) is 0 Å². The van der Waals surface area contributed by atoms with Gasteiger partial charge in [0.05, 0.1) is 0 Å². The Morgan fingerprint density at radius 2 is 2.09 bits per heavy atom. The summed E-state index contributed by atoms with van der Waals surface area (Å²) in [5.41, 5.74) is 0. The molecule has 0 N–H and O–H groups in total. The number of hydrogen-bond acceptors (Lipinski definition) is 2. The minimum Gasteiger partial charge on any atom is -0.385 e. The molecule has 1 atom stereocenters. The molecule has 0 bridgehead atoms. The minimum atomic E-state index is 0.222. The van der Waals surface area contributed by atoms with Crippen LogP contribution in [-0.4, -0.2) is 19.5 Å². The average Bonchev–Trinajstić information content (AvgIpc) is 2.05. The van der Waals surface area contributed by atoms with E-state index < -0.39 is 0 Å². The maximum Gasteiger partial charge on any atom is 0.135 e. The molecule has 0 spiro atoms. The van der Waals surface area contributed by atoms with E-state index in [4.69, 9.17) is 4.74 Å². The molecule has 0 amide bonds. The van der Waals surface area contributed by atoms with Crippen LogP contribution in [0.15, 0.2) is 0 Å². The van der Waals surface area contributed by atoms with Gasteiger partial charge in [0, 0.05) is 26.1 Å². The van der Waals surface area contributed by atoms with Crippen LogP contribution in [0.4, 0.5) is 0 Å². The fourth-order valence-electron chi connectivity index (χ4n) is 1.14. The van der Waals surface area contributed by atoms with Crippen LogP contribution in [0, 0.1) is 5.92 Å². The first-order valence-corrected chi connectivity index (χ1v) is 4.27. The van der Waals surface area contributed by atoms with Crippen molar-refractivity contribution in [1.29, 1.82) is 0 Å². The van der Waals surface area contributed by atoms with E-state index in [0.29, 0.717) is 18.8 Å². The van der Waals surface area contributed by atoms with E-state index >= 15 is 0 Å². The van der Waals surface area contributed by atoms with E-state index in [1.165, 1.54) is 0 Å². The molecular weight excluding hydrogens is 140 g/mol. The van der Waals surface area contributed by atoms with E-state index in [1.807, 2.05) is 13.8 Å². The summed E-state index contributed by atoms with van der Waals surface area (Å²) in [5.74, 6) is 0.588. The molecule has 0 rings (SSSR count). The molecule has 0 aromatic carbocycles. The zero-order chi connectivity index (χ0) is 8.69. The lowest BCUT2D eigenvalue weighted by Gasteiger charge is -2.10. The molecule has 66 valence electrons. The molecule has 0 aliphatic rings. The lowest BCUT2D eigenvalue weighted by Crippen LogP contribution is -2.14. The van der Waals surface area contributed by atoms with Gasteiger partial charge in [0.1, 0.15) is 5.78 Å². The first kappa shape index (κ1) is 10.6. The van der Waals surface area contributed by atoms with Gasteiger partial charge in [-0.2, -0.15) is 0 Å². The lowest BCUT2D eigenvalue weighted by molar-refractivity contribution is -0.123. The number of ether oxygens (including phenoxy) is 1. The van der Waals surface area contributed by atoms with Crippen LogP contribution in [0.1, 0.15) is 33.1 Å². The first-order valence-electron chi connectivity index (χ1n) is 4.27. The van der Waals surface area contributed by atoms with Gasteiger partial charge < -0.3 is 4.74 Å². The number of carbonyl (C=O) groups is 1. The number of carbonyl (C=O) groups excluding carboxylic acids is 1. The second kappa shape index (κ2) is 6.35. The number of rotatable bonds is 6. The zero-order valence-corrected chi connectivity index (χ0v) is 7.72. The van der Waals surface area contributed by atoms with Crippen LogP contribution in [0.3, 0.4) is 0 Å². The summed E-state index contributed by atoms with van der Waals surface area (Å²) in [4.78, 5) is 11.2. The van der Waals surface area contributed by atoms with Crippen molar-refractivity contribution in [2.75, 3.05) is 13.7 Å². The Bertz CT molecular complexity index is 110. The third-order valence-electron chi connectivity index (χ3n) is 1.97. The van der Waals surface area contributed by atoms with Gasteiger partial charge in [0.2, 0.25) is 0 Å². The van der Waals surface area contributed by atoms with E-state index in [0.717, 1.165) is 12.8 Å². The summed E-state index contributed by atoms with van der Waals surface area (Å²) >= 11 is 0. The molecule has 0 saturated carbocycles. The average molecular weight is 158 g/mol. The third kappa shape index (κ3) is 4.14. The molecule has 2 nitrogen and oxygen atoms in total. The molecule has 0 radical (unpaired) electrons.